The van der Waals surface area contributed by atoms with Crippen LogP contribution in [-0.2, 0) is 31.7 Å². The first-order valence-electron chi connectivity index (χ1n) is 15.6. The van der Waals surface area contributed by atoms with Gasteiger partial charge >= 0.3 is 53.0 Å². The van der Waals surface area contributed by atoms with Gasteiger partial charge in [0.2, 0.25) is 0 Å². The van der Waals surface area contributed by atoms with E-state index in [0.717, 1.165) is 11.4 Å². The molecule has 0 aliphatic rings. The second-order valence-electron chi connectivity index (χ2n) is 11.2. The van der Waals surface area contributed by atoms with E-state index in [2.05, 4.69) is 96.6 Å². The summed E-state index contributed by atoms with van der Waals surface area (Å²) in [6.07, 6.45) is 11.1. The molecule has 2 heterocycles. The summed E-state index contributed by atoms with van der Waals surface area (Å²) in [5.74, 6) is 0. The van der Waals surface area contributed by atoms with Gasteiger partial charge in [-0.1, -0.05) is 63.8 Å². The predicted molar refractivity (Wildman–Crippen MR) is 191 cm³/mol. The first-order chi connectivity index (χ1) is 21.4. The molecule has 0 amide bonds. The van der Waals surface area contributed by atoms with Gasteiger partial charge in [0.1, 0.15) is 0 Å². The Hall–Kier alpha value is -2.71. The van der Waals surface area contributed by atoms with Crippen molar-refractivity contribution in [3.8, 4) is 22.5 Å². The molecule has 0 spiro atoms. The molecule has 2 nitrogen and oxygen atoms in total. The van der Waals surface area contributed by atoms with Crippen LogP contribution in [0.15, 0.2) is 109 Å². The second kappa shape index (κ2) is 17.7. The van der Waals surface area contributed by atoms with E-state index in [9.17, 15) is 0 Å². The number of pyridine rings is 2. The fraction of sp³-hybridized carbons (Fsp3) is 0.256. The molecule has 0 aliphatic carbocycles. The summed E-state index contributed by atoms with van der Waals surface area (Å²) in [5.41, 5.74) is 7.48. The Labute approximate surface area is 278 Å². The summed E-state index contributed by atoms with van der Waals surface area (Å²) in [7, 11) is 11.1. The standard InChI is InChI=1S/2C18H18N.C3H6.2ClH.Zr/c2*1-2-3-7-14-12-15-8-6-9-16(17(15)13-14)18-10-4-5-11-19-18;1-3-2;;;/h2*4-6,8-13H,2-3,7H2,1H3;1-2H3;2*1H;/q2*-1;;;;+2/p-2. The molecule has 0 radical (unpaired) electrons. The summed E-state index contributed by atoms with van der Waals surface area (Å²) in [6, 6.07) is 34.4. The Morgan fingerprint density at radius 2 is 1.07 bits per heavy atom. The van der Waals surface area contributed by atoms with Gasteiger partial charge in [-0.15, -0.1) is 69.1 Å². The van der Waals surface area contributed by atoms with E-state index < -0.39 is 18.9 Å². The molecule has 0 aliphatic heterocycles. The predicted octanol–water partition coefficient (Wildman–Crippen LogP) is 12.1. The van der Waals surface area contributed by atoms with Crippen LogP contribution in [0.4, 0.5) is 0 Å². The van der Waals surface area contributed by atoms with E-state index in [1.165, 1.54) is 85.5 Å². The number of nitrogens with zero attached hydrogens (tertiary/aromatic N) is 2. The van der Waals surface area contributed by atoms with Gasteiger partial charge in [0.25, 0.3) is 0 Å². The fourth-order valence-corrected chi connectivity index (χ4v) is 5.13. The summed E-state index contributed by atoms with van der Waals surface area (Å²) in [4.78, 5) is 8.94. The van der Waals surface area contributed by atoms with Crippen LogP contribution in [0.25, 0.3) is 44.1 Å². The number of halogens is 2. The first kappa shape index (κ1) is 34.2. The zero-order chi connectivity index (χ0) is 31.3. The molecule has 228 valence electrons. The second-order valence-corrected chi connectivity index (χ2v) is 20.6. The van der Waals surface area contributed by atoms with Crippen LogP contribution >= 0.6 is 17.0 Å². The molecule has 5 heteroatoms. The van der Waals surface area contributed by atoms with Crippen molar-refractivity contribution < 1.29 is 18.9 Å². The normalized spacial score (nSPS) is 10.6. The van der Waals surface area contributed by atoms with Gasteiger partial charge in [0.05, 0.1) is 11.4 Å². The number of fused-ring (bicyclic) bond motifs is 2. The summed E-state index contributed by atoms with van der Waals surface area (Å²) in [5, 5.41) is 5.31. The molecule has 2 aromatic heterocycles. The summed E-state index contributed by atoms with van der Waals surface area (Å²) < 4.78 is 1.24. The number of aryl methyl sites for hydroxylation is 2. The van der Waals surface area contributed by atoms with E-state index in [1.54, 1.807) is 0 Å². The Kier molecular flexibility index (Phi) is 13.7. The maximum atomic E-state index is 5.54. The summed E-state index contributed by atoms with van der Waals surface area (Å²) >= 11 is -1.84. The topological polar surface area (TPSA) is 25.8 Å². The van der Waals surface area contributed by atoms with Crippen molar-refractivity contribution in [1.82, 2.24) is 9.97 Å². The Bertz CT molecular complexity index is 1630. The number of hydrogen-bond acceptors (Lipinski definition) is 2. The van der Waals surface area contributed by atoms with Crippen LogP contribution in [0, 0.1) is 0 Å². The van der Waals surface area contributed by atoms with Gasteiger partial charge in [-0.2, -0.15) is 12.1 Å². The molecule has 0 saturated heterocycles. The molecule has 0 bridgehead atoms. The van der Waals surface area contributed by atoms with E-state index in [1.807, 2.05) is 50.5 Å². The van der Waals surface area contributed by atoms with Crippen molar-refractivity contribution in [2.75, 3.05) is 0 Å². The van der Waals surface area contributed by atoms with Crippen molar-refractivity contribution in [2.24, 2.45) is 0 Å². The van der Waals surface area contributed by atoms with E-state index in [4.69, 9.17) is 17.0 Å². The molecule has 44 heavy (non-hydrogen) atoms. The molecule has 4 aromatic carbocycles. The number of hydrogen-bond donors (Lipinski definition) is 0. The number of rotatable bonds is 8. The van der Waals surface area contributed by atoms with Crippen molar-refractivity contribution in [3.63, 3.8) is 0 Å². The monoisotopic (exact) mass is 698 g/mol. The number of benzene rings is 2. The molecule has 6 rings (SSSR count). The minimum absolute atomic E-state index is 1.06. The van der Waals surface area contributed by atoms with E-state index in [0.29, 0.717) is 0 Å². The average molecular weight is 701 g/mol. The molecule has 6 aromatic rings. The van der Waals surface area contributed by atoms with Gasteiger partial charge in [0.15, 0.2) is 0 Å². The molecular formula is C39H42Cl2N2Zr-2. The van der Waals surface area contributed by atoms with E-state index in [-0.39, 0.29) is 0 Å². The van der Waals surface area contributed by atoms with Gasteiger partial charge in [-0.3, -0.25) is 9.97 Å². The maximum absolute atomic E-state index is 5.54. The summed E-state index contributed by atoms with van der Waals surface area (Å²) in [6.45, 7) is 8.44. The van der Waals surface area contributed by atoms with Gasteiger partial charge in [0, 0.05) is 12.4 Å². The van der Waals surface area contributed by atoms with Crippen molar-refractivity contribution in [3.05, 3.63) is 121 Å². The van der Waals surface area contributed by atoms with Crippen LogP contribution in [0.1, 0.15) is 64.5 Å². The van der Waals surface area contributed by atoms with Crippen LogP contribution in [-0.4, -0.2) is 13.2 Å². The third kappa shape index (κ3) is 9.64. The molecule has 0 unspecified atom stereocenters. The van der Waals surface area contributed by atoms with Crippen molar-refractivity contribution >= 4 is 41.8 Å². The zero-order valence-electron chi connectivity index (χ0n) is 26.3. The van der Waals surface area contributed by atoms with Gasteiger partial charge < -0.3 is 0 Å². The Morgan fingerprint density at radius 1 is 0.636 bits per heavy atom. The quantitative estimate of drug-likeness (QED) is 0.148. The Morgan fingerprint density at radius 3 is 1.41 bits per heavy atom. The minimum atomic E-state index is -1.84. The third-order valence-corrected chi connectivity index (χ3v) is 13.8. The fourth-order valence-electron chi connectivity index (χ4n) is 5.13. The SMILES string of the molecule is CCCCc1cc2c(-c3ccccn3)cccc2[cH-]1.CCCCc1cc2c(-c3ccccn3)cccc2[cH-]1.C[C](C)=[Zr]([Cl])[Cl]. The van der Waals surface area contributed by atoms with Crippen LogP contribution < -0.4 is 0 Å². The van der Waals surface area contributed by atoms with Crippen LogP contribution in [0.5, 0.6) is 0 Å². The number of unbranched alkanes of at least 4 members (excludes halogenated alkanes) is 2. The molecule has 0 N–H and O–H groups in total. The molecule has 0 saturated carbocycles. The van der Waals surface area contributed by atoms with Crippen molar-refractivity contribution in [1.29, 1.82) is 0 Å². The van der Waals surface area contributed by atoms with E-state index >= 15 is 0 Å². The van der Waals surface area contributed by atoms with Crippen molar-refractivity contribution in [2.45, 2.75) is 66.2 Å². The first-order valence-corrected chi connectivity index (χ1v) is 23.1. The number of aromatic nitrogens is 2. The molecular weight excluding hydrogens is 659 g/mol. The third-order valence-electron chi connectivity index (χ3n) is 7.52. The Balaban J connectivity index is 0.000000170. The molecule has 0 fully saturated rings. The van der Waals surface area contributed by atoms with Crippen LogP contribution in [0.2, 0.25) is 0 Å². The average Bonchev–Trinajstić information content (AvgIpc) is 3.68. The van der Waals surface area contributed by atoms with Gasteiger partial charge in [-0.05, 0) is 48.2 Å². The van der Waals surface area contributed by atoms with Gasteiger partial charge in [-0.25, -0.2) is 0 Å². The zero-order valence-corrected chi connectivity index (χ0v) is 30.3. The van der Waals surface area contributed by atoms with Crippen LogP contribution in [0.3, 0.4) is 0 Å². The molecule has 0 atom stereocenters.